The minimum Gasteiger partial charge on any atom is -0.372 e. The van der Waals surface area contributed by atoms with Crippen molar-refractivity contribution in [3.8, 4) is 0 Å². The number of thioether (sulfide) groups is 1. The number of aromatic nitrogens is 2. The van der Waals surface area contributed by atoms with Crippen LogP contribution < -0.4 is 15.8 Å². The molecule has 146 valence electrons. The summed E-state index contributed by atoms with van der Waals surface area (Å²) in [5.74, 6) is -0.521. The molecule has 3 rings (SSSR count). The summed E-state index contributed by atoms with van der Waals surface area (Å²) in [5, 5.41) is 0.662. The van der Waals surface area contributed by atoms with E-state index in [-0.39, 0.29) is 17.6 Å². The maximum atomic E-state index is 12.2. The third-order valence-electron chi connectivity index (χ3n) is 4.28. The number of benzene rings is 2. The van der Waals surface area contributed by atoms with E-state index in [1.165, 1.54) is 11.8 Å². The predicted octanol–water partition coefficient (Wildman–Crippen LogP) is 2.96. The van der Waals surface area contributed by atoms with Gasteiger partial charge in [0, 0.05) is 24.3 Å². The lowest BCUT2D eigenvalue weighted by Crippen LogP contribution is -2.42. The van der Waals surface area contributed by atoms with Crippen LogP contribution in [-0.2, 0) is 4.79 Å². The van der Waals surface area contributed by atoms with Crippen molar-refractivity contribution in [1.82, 2.24) is 20.8 Å². The summed E-state index contributed by atoms with van der Waals surface area (Å²) in [7, 11) is 0. The molecule has 0 radical (unpaired) electrons. The van der Waals surface area contributed by atoms with Gasteiger partial charge in [0.2, 0.25) is 5.91 Å². The van der Waals surface area contributed by atoms with Crippen LogP contribution >= 0.6 is 11.8 Å². The van der Waals surface area contributed by atoms with E-state index < -0.39 is 0 Å². The normalized spacial score (nSPS) is 10.6. The van der Waals surface area contributed by atoms with Crippen LogP contribution in [0.2, 0.25) is 0 Å². The van der Waals surface area contributed by atoms with Crippen LogP contribution in [0.3, 0.4) is 0 Å². The molecule has 0 unspecified atom stereocenters. The zero-order valence-electron chi connectivity index (χ0n) is 15.9. The van der Waals surface area contributed by atoms with Crippen LogP contribution in [0.4, 0.5) is 5.69 Å². The number of amides is 2. The molecule has 3 N–H and O–H groups in total. The number of nitrogens with one attached hydrogen (secondary N) is 3. The van der Waals surface area contributed by atoms with Crippen LogP contribution in [0.5, 0.6) is 0 Å². The van der Waals surface area contributed by atoms with Gasteiger partial charge in [-0.2, -0.15) is 0 Å². The Morgan fingerprint density at radius 1 is 1.04 bits per heavy atom. The molecule has 28 heavy (non-hydrogen) atoms. The Morgan fingerprint density at radius 3 is 2.43 bits per heavy atom. The first-order chi connectivity index (χ1) is 13.6. The molecular formula is C20H23N5O2S. The second-order valence-corrected chi connectivity index (χ2v) is 7.03. The number of nitrogens with zero attached hydrogens (tertiary/aromatic N) is 2. The van der Waals surface area contributed by atoms with Crippen molar-refractivity contribution in [2.45, 2.75) is 19.0 Å². The maximum absolute atomic E-state index is 12.2. The predicted molar refractivity (Wildman–Crippen MR) is 112 cm³/mol. The minimum absolute atomic E-state index is 0.140. The van der Waals surface area contributed by atoms with Gasteiger partial charge in [-0.1, -0.05) is 23.9 Å². The molecule has 8 heteroatoms. The molecule has 0 saturated heterocycles. The van der Waals surface area contributed by atoms with Gasteiger partial charge in [0.25, 0.3) is 5.91 Å². The lowest BCUT2D eigenvalue weighted by Gasteiger charge is -2.21. The van der Waals surface area contributed by atoms with Gasteiger partial charge in [-0.05, 0) is 50.2 Å². The molecule has 2 amide bonds. The smallest absolute Gasteiger partial charge is 0.269 e. The Bertz CT molecular complexity index is 918. The molecule has 7 nitrogen and oxygen atoms in total. The van der Waals surface area contributed by atoms with Crippen molar-refractivity contribution in [3.05, 3.63) is 54.1 Å². The maximum Gasteiger partial charge on any atom is 0.269 e. The molecular weight excluding hydrogens is 374 g/mol. The largest absolute Gasteiger partial charge is 0.372 e. The van der Waals surface area contributed by atoms with E-state index in [1.54, 1.807) is 12.1 Å². The van der Waals surface area contributed by atoms with Gasteiger partial charge < -0.3 is 9.88 Å². The summed E-state index contributed by atoms with van der Waals surface area (Å²) in [6.07, 6.45) is 0. The van der Waals surface area contributed by atoms with Crippen molar-refractivity contribution in [3.63, 3.8) is 0 Å². The monoisotopic (exact) mass is 397 g/mol. The molecule has 0 aliphatic rings. The first kappa shape index (κ1) is 19.8. The molecule has 0 aliphatic heterocycles. The van der Waals surface area contributed by atoms with Crippen molar-refractivity contribution in [1.29, 1.82) is 0 Å². The molecule has 1 aromatic heterocycles. The van der Waals surface area contributed by atoms with Gasteiger partial charge in [-0.15, -0.1) is 0 Å². The van der Waals surface area contributed by atoms with Crippen molar-refractivity contribution >= 4 is 40.3 Å². The molecule has 1 heterocycles. The second-order valence-electron chi connectivity index (χ2n) is 6.07. The van der Waals surface area contributed by atoms with E-state index in [0.29, 0.717) is 10.7 Å². The third kappa shape index (κ3) is 4.83. The van der Waals surface area contributed by atoms with E-state index in [1.807, 2.05) is 36.4 Å². The quantitative estimate of drug-likeness (QED) is 0.421. The average Bonchev–Trinajstić information content (AvgIpc) is 3.15. The van der Waals surface area contributed by atoms with Crippen LogP contribution in [0, 0.1) is 0 Å². The van der Waals surface area contributed by atoms with Crippen molar-refractivity contribution < 1.29 is 9.59 Å². The molecule has 0 fully saturated rings. The number of carbonyl (C=O) groups is 2. The summed E-state index contributed by atoms with van der Waals surface area (Å²) in [6, 6.07) is 15.0. The van der Waals surface area contributed by atoms with Crippen LogP contribution in [0.25, 0.3) is 11.0 Å². The molecule has 0 saturated carbocycles. The van der Waals surface area contributed by atoms with E-state index in [4.69, 9.17) is 0 Å². The standard InChI is InChI=1S/C20H23N5O2S/c1-3-25(4-2)15-11-9-14(10-12-15)19(27)24-23-18(26)13-28-20-21-16-7-5-6-8-17(16)22-20/h5-12H,3-4,13H2,1-2H3,(H,21,22)(H,23,26)(H,24,27). The Morgan fingerprint density at radius 2 is 1.75 bits per heavy atom. The number of hydrogen-bond acceptors (Lipinski definition) is 5. The Labute approximate surface area is 167 Å². The minimum atomic E-state index is -0.354. The third-order valence-corrected chi connectivity index (χ3v) is 5.15. The highest BCUT2D eigenvalue weighted by Gasteiger charge is 2.10. The lowest BCUT2D eigenvalue weighted by atomic mass is 10.2. The summed E-state index contributed by atoms with van der Waals surface area (Å²) in [4.78, 5) is 33.9. The highest BCUT2D eigenvalue weighted by Crippen LogP contribution is 2.18. The number of hydrazine groups is 1. The number of aromatic amines is 1. The Kier molecular flexibility index (Phi) is 6.54. The highest BCUT2D eigenvalue weighted by molar-refractivity contribution is 7.99. The fourth-order valence-electron chi connectivity index (χ4n) is 2.78. The number of anilines is 1. The van der Waals surface area contributed by atoms with Crippen molar-refractivity contribution in [2.24, 2.45) is 0 Å². The topological polar surface area (TPSA) is 90.1 Å². The fraction of sp³-hybridized carbons (Fsp3) is 0.250. The SMILES string of the molecule is CCN(CC)c1ccc(C(=O)NNC(=O)CSc2nc3ccccc3[nH]2)cc1. The van der Waals surface area contributed by atoms with Crippen LogP contribution in [0.15, 0.2) is 53.7 Å². The van der Waals surface area contributed by atoms with E-state index in [2.05, 4.69) is 39.6 Å². The Hall–Kier alpha value is -3.00. The average molecular weight is 398 g/mol. The van der Waals surface area contributed by atoms with E-state index >= 15 is 0 Å². The van der Waals surface area contributed by atoms with Gasteiger partial charge in [0.05, 0.1) is 16.8 Å². The first-order valence-electron chi connectivity index (χ1n) is 9.12. The molecule has 0 spiro atoms. The molecule has 0 aliphatic carbocycles. The summed E-state index contributed by atoms with van der Waals surface area (Å²) in [6.45, 7) is 5.98. The summed E-state index contributed by atoms with van der Waals surface area (Å²) in [5.41, 5.74) is 8.20. The first-order valence-corrected chi connectivity index (χ1v) is 10.1. The van der Waals surface area contributed by atoms with Crippen molar-refractivity contribution in [2.75, 3.05) is 23.7 Å². The van der Waals surface area contributed by atoms with E-state index in [9.17, 15) is 9.59 Å². The molecule has 0 bridgehead atoms. The number of carbonyl (C=O) groups excluding carboxylic acids is 2. The van der Waals surface area contributed by atoms with E-state index in [0.717, 1.165) is 29.8 Å². The molecule has 3 aromatic rings. The zero-order valence-corrected chi connectivity index (χ0v) is 16.7. The summed E-state index contributed by atoms with van der Waals surface area (Å²) >= 11 is 1.28. The van der Waals surface area contributed by atoms with Crippen LogP contribution in [-0.4, -0.2) is 40.6 Å². The van der Waals surface area contributed by atoms with Gasteiger partial charge in [0.15, 0.2) is 5.16 Å². The lowest BCUT2D eigenvalue weighted by molar-refractivity contribution is -0.119. The molecule has 2 aromatic carbocycles. The fourth-order valence-corrected chi connectivity index (χ4v) is 3.46. The number of H-pyrrole nitrogens is 1. The van der Waals surface area contributed by atoms with Gasteiger partial charge >= 0.3 is 0 Å². The Balaban J connectivity index is 1.47. The number of rotatable bonds is 7. The summed E-state index contributed by atoms with van der Waals surface area (Å²) < 4.78 is 0. The zero-order chi connectivity index (χ0) is 19.9. The van der Waals surface area contributed by atoms with Gasteiger partial charge in [0.1, 0.15) is 0 Å². The number of hydrogen-bond donors (Lipinski definition) is 3. The number of imidazole rings is 1. The highest BCUT2D eigenvalue weighted by atomic mass is 32.2. The second kappa shape index (κ2) is 9.27. The number of fused-ring (bicyclic) bond motifs is 1. The molecule has 0 atom stereocenters. The number of para-hydroxylation sites is 2. The van der Waals surface area contributed by atoms with Gasteiger partial charge in [-0.3, -0.25) is 20.4 Å². The van der Waals surface area contributed by atoms with Crippen LogP contribution in [0.1, 0.15) is 24.2 Å². The van der Waals surface area contributed by atoms with Gasteiger partial charge in [-0.25, -0.2) is 4.98 Å².